The van der Waals surface area contributed by atoms with Crippen molar-refractivity contribution in [3.8, 4) is 11.3 Å². The Morgan fingerprint density at radius 3 is 2.81 bits per heavy atom. The van der Waals surface area contributed by atoms with E-state index in [0.29, 0.717) is 19.7 Å². The molecular weight excluding hydrogens is 480 g/mol. The van der Waals surface area contributed by atoms with Gasteiger partial charge in [-0.15, -0.1) is 11.3 Å². The van der Waals surface area contributed by atoms with Crippen LogP contribution in [0.1, 0.15) is 33.0 Å². The molecule has 4 rings (SSSR count). The van der Waals surface area contributed by atoms with E-state index < -0.39 is 5.82 Å². The molecule has 0 unspecified atom stereocenters. The van der Waals surface area contributed by atoms with E-state index in [2.05, 4.69) is 15.5 Å². The number of nitrogens with one attached hydrogen (secondary N) is 2. The number of nitrogens with zero attached hydrogens (tertiary/aromatic N) is 1. The third-order valence-corrected chi connectivity index (χ3v) is 6.53. The van der Waals surface area contributed by atoms with Crippen LogP contribution in [0, 0.1) is 9.39 Å². The maximum absolute atomic E-state index is 14.2. The lowest BCUT2D eigenvalue weighted by Gasteiger charge is -2.08. The van der Waals surface area contributed by atoms with Gasteiger partial charge in [-0.3, -0.25) is 9.59 Å². The average Bonchev–Trinajstić information content (AvgIpc) is 3.10. The van der Waals surface area contributed by atoms with Crippen molar-refractivity contribution in [1.29, 1.82) is 0 Å². The molecule has 27 heavy (non-hydrogen) atoms. The number of benzene rings is 1. The Balaban J connectivity index is 1.61. The molecule has 5 nitrogen and oxygen atoms in total. The van der Waals surface area contributed by atoms with Gasteiger partial charge >= 0.3 is 0 Å². The molecule has 0 bridgehead atoms. The van der Waals surface area contributed by atoms with Gasteiger partial charge in [0.2, 0.25) is 0 Å². The molecule has 2 heterocycles. The van der Waals surface area contributed by atoms with Crippen LogP contribution in [0.3, 0.4) is 0 Å². The Morgan fingerprint density at radius 2 is 2.04 bits per heavy atom. The fraction of sp³-hybridized carbons (Fsp3) is 0.211. The highest BCUT2D eigenvalue weighted by Crippen LogP contribution is 2.31. The van der Waals surface area contributed by atoms with Gasteiger partial charge in [-0.2, -0.15) is 5.10 Å². The van der Waals surface area contributed by atoms with Crippen LogP contribution in [0.2, 0.25) is 0 Å². The Kier molecular flexibility index (Phi) is 5.09. The average molecular weight is 495 g/mol. The Bertz CT molecular complexity index is 1070. The fourth-order valence-corrected chi connectivity index (χ4v) is 4.66. The normalized spacial score (nSPS) is 13.3. The largest absolute Gasteiger partial charge is 0.319 e. The van der Waals surface area contributed by atoms with Crippen LogP contribution in [0.25, 0.3) is 11.3 Å². The molecule has 0 aliphatic heterocycles. The first-order valence-electron chi connectivity index (χ1n) is 8.49. The highest BCUT2D eigenvalue weighted by atomic mass is 127. The lowest BCUT2D eigenvalue weighted by atomic mass is 9.99. The number of halogens is 2. The molecule has 0 spiro atoms. The Labute approximate surface area is 172 Å². The van der Waals surface area contributed by atoms with Crippen molar-refractivity contribution >= 4 is 45.5 Å². The number of hydrogen-bond donors (Lipinski definition) is 2. The molecule has 2 N–H and O–H groups in total. The van der Waals surface area contributed by atoms with Crippen LogP contribution in [0.15, 0.2) is 35.1 Å². The number of hydrogen-bond acceptors (Lipinski definition) is 4. The van der Waals surface area contributed by atoms with Crippen LogP contribution in [-0.4, -0.2) is 16.1 Å². The van der Waals surface area contributed by atoms with Crippen molar-refractivity contribution in [2.24, 2.45) is 0 Å². The summed E-state index contributed by atoms with van der Waals surface area (Å²) in [6.07, 6.45) is 4.30. The van der Waals surface area contributed by atoms with Gasteiger partial charge in [0.25, 0.3) is 11.5 Å². The molecule has 0 radical (unpaired) electrons. The number of aromatic amines is 1. The molecule has 0 saturated carbocycles. The first-order valence-corrected chi connectivity index (χ1v) is 10.4. The van der Waals surface area contributed by atoms with Gasteiger partial charge in [0, 0.05) is 10.4 Å². The molecule has 0 saturated heterocycles. The maximum Gasteiger partial charge on any atom is 0.277 e. The summed E-state index contributed by atoms with van der Waals surface area (Å²) >= 11 is 3.40. The lowest BCUT2D eigenvalue weighted by Crippen LogP contribution is -2.13. The van der Waals surface area contributed by atoms with E-state index in [1.165, 1.54) is 33.9 Å². The quantitative estimate of drug-likeness (QED) is 0.530. The number of carbonyl (C=O) groups excluding carboxylic acids is 1. The van der Waals surface area contributed by atoms with Gasteiger partial charge in [-0.1, -0.05) is 0 Å². The van der Waals surface area contributed by atoms with Gasteiger partial charge in [0.1, 0.15) is 5.82 Å². The van der Waals surface area contributed by atoms with Gasteiger partial charge in [-0.05, 0) is 84.2 Å². The second kappa shape index (κ2) is 7.51. The Morgan fingerprint density at radius 1 is 1.22 bits per heavy atom. The highest BCUT2D eigenvalue weighted by Gasteiger charge is 2.18. The number of aromatic nitrogens is 2. The first kappa shape index (κ1) is 18.3. The van der Waals surface area contributed by atoms with Gasteiger partial charge < -0.3 is 5.32 Å². The van der Waals surface area contributed by atoms with Crippen LogP contribution in [0.5, 0.6) is 0 Å². The van der Waals surface area contributed by atoms with Crippen LogP contribution < -0.4 is 10.9 Å². The molecular formula is C19H15FIN3O2S. The summed E-state index contributed by atoms with van der Waals surface area (Å²) in [4.78, 5) is 25.9. The van der Waals surface area contributed by atoms with Crippen molar-refractivity contribution in [2.75, 3.05) is 5.32 Å². The van der Waals surface area contributed by atoms with E-state index in [4.69, 9.17) is 0 Å². The zero-order valence-electron chi connectivity index (χ0n) is 14.1. The van der Waals surface area contributed by atoms with E-state index in [0.717, 1.165) is 25.7 Å². The SMILES string of the molecule is O=C(Nc1cc(-c2cc(I)c(=O)[nH]n2)ccc1F)c1cc2c(s1)CCCC2. The minimum atomic E-state index is -0.521. The molecule has 2 aromatic heterocycles. The summed E-state index contributed by atoms with van der Waals surface area (Å²) in [5.41, 5.74) is 2.15. The second-order valence-electron chi connectivity index (χ2n) is 6.35. The molecule has 8 heteroatoms. The monoisotopic (exact) mass is 495 g/mol. The summed E-state index contributed by atoms with van der Waals surface area (Å²) in [6.45, 7) is 0. The zero-order chi connectivity index (χ0) is 19.0. The summed E-state index contributed by atoms with van der Waals surface area (Å²) in [7, 11) is 0. The standard InChI is InChI=1S/C19H15FIN3O2S/c20-12-6-5-10(14-9-13(21)18(25)24-23-14)7-15(12)22-19(26)17-8-11-3-1-2-4-16(11)27-17/h5-9H,1-4H2,(H,22,26)(H,24,25). The number of H-pyrrole nitrogens is 1. The van der Waals surface area contributed by atoms with Crippen molar-refractivity contribution in [1.82, 2.24) is 10.2 Å². The zero-order valence-corrected chi connectivity index (χ0v) is 17.1. The number of carbonyl (C=O) groups is 1. The third kappa shape index (κ3) is 3.81. The smallest absolute Gasteiger partial charge is 0.277 e. The van der Waals surface area contributed by atoms with E-state index >= 15 is 0 Å². The number of thiophene rings is 1. The first-order chi connectivity index (χ1) is 13.0. The molecule has 1 amide bonds. The summed E-state index contributed by atoms with van der Waals surface area (Å²) < 4.78 is 14.7. The van der Waals surface area contributed by atoms with E-state index in [1.807, 2.05) is 28.7 Å². The van der Waals surface area contributed by atoms with Gasteiger partial charge in [0.15, 0.2) is 0 Å². The number of amides is 1. The minimum absolute atomic E-state index is 0.0897. The Hall–Kier alpha value is -2.07. The highest BCUT2D eigenvalue weighted by molar-refractivity contribution is 14.1. The van der Waals surface area contributed by atoms with Crippen LogP contribution in [0.4, 0.5) is 10.1 Å². The molecule has 3 aromatic rings. The fourth-order valence-electron chi connectivity index (χ4n) is 3.10. The molecule has 1 aromatic carbocycles. The minimum Gasteiger partial charge on any atom is -0.319 e. The number of rotatable bonds is 3. The summed E-state index contributed by atoms with van der Waals surface area (Å²) in [5.74, 6) is -0.831. The van der Waals surface area contributed by atoms with Gasteiger partial charge in [-0.25, -0.2) is 9.49 Å². The second-order valence-corrected chi connectivity index (χ2v) is 8.64. The number of anilines is 1. The molecule has 1 aliphatic rings. The van der Waals surface area contributed by atoms with Crippen LogP contribution >= 0.6 is 33.9 Å². The van der Waals surface area contributed by atoms with Crippen molar-refractivity contribution < 1.29 is 9.18 Å². The predicted molar refractivity (Wildman–Crippen MR) is 112 cm³/mol. The maximum atomic E-state index is 14.2. The van der Waals surface area contributed by atoms with Gasteiger partial charge in [0.05, 0.1) is 19.8 Å². The number of fused-ring (bicyclic) bond motifs is 1. The summed E-state index contributed by atoms with van der Waals surface area (Å²) in [5, 5.41) is 9.06. The predicted octanol–water partition coefficient (Wildman–Crippen LogP) is 4.37. The van der Waals surface area contributed by atoms with Crippen molar-refractivity contribution in [2.45, 2.75) is 25.7 Å². The molecule has 0 atom stereocenters. The lowest BCUT2D eigenvalue weighted by molar-refractivity contribution is 0.103. The van der Waals surface area contributed by atoms with Crippen molar-refractivity contribution in [3.63, 3.8) is 0 Å². The molecule has 0 fully saturated rings. The topological polar surface area (TPSA) is 74.8 Å². The summed E-state index contributed by atoms with van der Waals surface area (Å²) in [6, 6.07) is 7.90. The van der Waals surface area contributed by atoms with Crippen LogP contribution in [-0.2, 0) is 12.8 Å². The van der Waals surface area contributed by atoms with E-state index in [-0.39, 0.29) is 17.2 Å². The van der Waals surface area contributed by atoms with E-state index in [9.17, 15) is 14.0 Å². The van der Waals surface area contributed by atoms with Crippen molar-refractivity contribution in [3.05, 3.63) is 65.4 Å². The molecule has 138 valence electrons. The molecule has 1 aliphatic carbocycles. The third-order valence-electron chi connectivity index (χ3n) is 4.49. The van der Waals surface area contributed by atoms with E-state index in [1.54, 1.807) is 12.1 Å². The number of aryl methyl sites for hydroxylation is 2.